The summed E-state index contributed by atoms with van der Waals surface area (Å²) in [6.07, 6.45) is 3.66. The number of thiocarbonyl (C=S) groups is 1. The molecule has 0 aliphatic carbocycles. The summed E-state index contributed by atoms with van der Waals surface area (Å²) in [5.41, 5.74) is 0.857. The van der Waals surface area contributed by atoms with E-state index in [1.54, 1.807) is 17.0 Å². The summed E-state index contributed by atoms with van der Waals surface area (Å²) in [5.74, 6) is 0. The van der Waals surface area contributed by atoms with E-state index < -0.39 is 0 Å². The van der Waals surface area contributed by atoms with E-state index >= 15 is 0 Å². The molecule has 0 radical (unpaired) electrons. The predicted molar refractivity (Wildman–Crippen MR) is 94.7 cm³/mol. The lowest BCUT2D eigenvalue weighted by molar-refractivity contribution is -0.906. The summed E-state index contributed by atoms with van der Waals surface area (Å²) in [4.78, 5) is 1.67. The smallest absolute Gasteiger partial charge is 0.171 e. The van der Waals surface area contributed by atoms with Crippen molar-refractivity contribution in [1.29, 1.82) is 0 Å². The van der Waals surface area contributed by atoms with Gasteiger partial charge in [0.1, 0.15) is 0 Å². The van der Waals surface area contributed by atoms with Crippen LogP contribution in [-0.4, -0.2) is 30.8 Å². The Morgan fingerprint density at radius 2 is 2.19 bits per heavy atom. The van der Waals surface area contributed by atoms with Crippen molar-refractivity contribution in [3.63, 3.8) is 0 Å². The van der Waals surface area contributed by atoms with Crippen molar-refractivity contribution in [3.8, 4) is 0 Å². The molecular weight excluding hydrogens is 325 g/mol. The van der Waals surface area contributed by atoms with Crippen molar-refractivity contribution < 1.29 is 4.90 Å². The van der Waals surface area contributed by atoms with Crippen LogP contribution in [-0.2, 0) is 0 Å². The monoisotopic (exact) mass is 346 g/mol. The Morgan fingerprint density at radius 3 is 2.90 bits per heavy atom. The lowest BCUT2D eigenvalue weighted by Gasteiger charge is -2.30. The second kappa shape index (κ2) is 8.18. The van der Waals surface area contributed by atoms with Crippen molar-refractivity contribution in [2.24, 2.45) is 0 Å². The summed E-state index contributed by atoms with van der Waals surface area (Å²) >= 11 is 17.3. The van der Waals surface area contributed by atoms with Gasteiger partial charge in [0.25, 0.3) is 0 Å². The number of anilines is 1. The second-order valence-electron chi connectivity index (χ2n) is 5.52. The molecule has 1 aromatic carbocycles. The van der Waals surface area contributed by atoms with Gasteiger partial charge in [-0.3, -0.25) is 0 Å². The molecule has 1 aromatic rings. The van der Waals surface area contributed by atoms with Crippen LogP contribution in [0.4, 0.5) is 5.69 Å². The number of halogens is 2. The predicted octanol–water partition coefficient (Wildman–Crippen LogP) is 2.74. The molecule has 116 valence electrons. The number of piperidine rings is 1. The number of nitrogens with one attached hydrogen (secondary N) is 3. The SMILES string of the molecule is CCC[NH+]1CCC[C@@H](NC(=S)Nc2ccc(Cl)c(Cl)c2)C1. The molecule has 2 rings (SSSR count). The zero-order valence-corrected chi connectivity index (χ0v) is 14.5. The average molecular weight is 347 g/mol. The number of rotatable bonds is 4. The van der Waals surface area contributed by atoms with Crippen LogP contribution in [0.25, 0.3) is 0 Å². The second-order valence-corrected chi connectivity index (χ2v) is 6.74. The van der Waals surface area contributed by atoms with E-state index in [0.29, 0.717) is 21.2 Å². The fourth-order valence-corrected chi connectivity index (χ4v) is 3.36. The van der Waals surface area contributed by atoms with Crippen LogP contribution in [0.15, 0.2) is 18.2 Å². The highest BCUT2D eigenvalue weighted by Gasteiger charge is 2.22. The molecule has 0 aromatic heterocycles. The molecule has 6 heteroatoms. The third kappa shape index (κ3) is 5.29. The Morgan fingerprint density at radius 1 is 1.38 bits per heavy atom. The van der Waals surface area contributed by atoms with Gasteiger partial charge < -0.3 is 15.5 Å². The van der Waals surface area contributed by atoms with Gasteiger partial charge in [-0.15, -0.1) is 0 Å². The number of likely N-dealkylation sites (tertiary alicyclic amines) is 1. The maximum atomic E-state index is 6.00. The molecule has 3 nitrogen and oxygen atoms in total. The quantitative estimate of drug-likeness (QED) is 0.732. The molecule has 1 aliphatic heterocycles. The first-order chi connectivity index (χ1) is 10.1. The van der Waals surface area contributed by atoms with Gasteiger partial charge in [-0.2, -0.15) is 0 Å². The zero-order chi connectivity index (χ0) is 15.2. The fourth-order valence-electron chi connectivity index (χ4n) is 2.78. The maximum Gasteiger partial charge on any atom is 0.171 e. The Labute approximate surface area is 142 Å². The third-order valence-electron chi connectivity index (χ3n) is 3.73. The maximum absolute atomic E-state index is 6.00. The van der Waals surface area contributed by atoms with Crippen molar-refractivity contribution in [1.82, 2.24) is 5.32 Å². The Bertz CT molecular complexity index is 494. The summed E-state index contributed by atoms with van der Waals surface area (Å²) < 4.78 is 0. The first-order valence-corrected chi connectivity index (χ1v) is 8.61. The van der Waals surface area contributed by atoms with E-state index in [4.69, 9.17) is 35.4 Å². The number of quaternary nitrogens is 1. The standard InChI is InChI=1S/C15H21Cl2N3S/c1-2-7-20-8-3-4-12(10-20)19-15(21)18-11-5-6-13(16)14(17)9-11/h5-6,9,12H,2-4,7-8,10H2,1H3,(H2,18,19,21)/p+1/t12-/m1/s1. The molecule has 1 heterocycles. The van der Waals surface area contributed by atoms with Gasteiger partial charge in [0, 0.05) is 5.69 Å². The van der Waals surface area contributed by atoms with Crippen molar-refractivity contribution >= 4 is 46.2 Å². The molecule has 0 spiro atoms. The van der Waals surface area contributed by atoms with E-state index in [-0.39, 0.29) is 0 Å². The van der Waals surface area contributed by atoms with Gasteiger partial charge >= 0.3 is 0 Å². The van der Waals surface area contributed by atoms with Crippen LogP contribution in [0.2, 0.25) is 10.0 Å². The van der Waals surface area contributed by atoms with Crippen molar-refractivity contribution in [3.05, 3.63) is 28.2 Å². The minimum atomic E-state index is 0.447. The zero-order valence-electron chi connectivity index (χ0n) is 12.2. The van der Waals surface area contributed by atoms with Gasteiger partial charge in [-0.05, 0) is 49.7 Å². The highest BCUT2D eigenvalue weighted by molar-refractivity contribution is 7.80. The summed E-state index contributed by atoms with van der Waals surface area (Å²) in [7, 11) is 0. The minimum absolute atomic E-state index is 0.447. The van der Waals surface area contributed by atoms with Crippen LogP contribution in [0.1, 0.15) is 26.2 Å². The summed E-state index contributed by atoms with van der Waals surface area (Å²) in [6.45, 7) is 5.89. The molecule has 2 atom stereocenters. The molecule has 3 N–H and O–H groups in total. The molecular formula is C15H22Cl2N3S+. The van der Waals surface area contributed by atoms with E-state index in [2.05, 4.69) is 17.6 Å². The van der Waals surface area contributed by atoms with Gasteiger partial charge in [0.05, 0.1) is 35.7 Å². The molecule has 0 saturated carbocycles. The van der Waals surface area contributed by atoms with Crippen LogP contribution in [0, 0.1) is 0 Å². The Balaban J connectivity index is 1.84. The molecule has 1 unspecified atom stereocenters. The van der Waals surface area contributed by atoms with E-state index in [0.717, 1.165) is 12.2 Å². The molecule has 21 heavy (non-hydrogen) atoms. The van der Waals surface area contributed by atoms with Gasteiger partial charge in [-0.1, -0.05) is 30.1 Å². The fraction of sp³-hybridized carbons (Fsp3) is 0.533. The lowest BCUT2D eigenvalue weighted by atomic mass is 10.1. The summed E-state index contributed by atoms with van der Waals surface area (Å²) in [5, 5.41) is 8.31. The van der Waals surface area contributed by atoms with Gasteiger partial charge in [0.15, 0.2) is 5.11 Å². The van der Waals surface area contributed by atoms with E-state index in [9.17, 15) is 0 Å². The first-order valence-electron chi connectivity index (χ1n) is 7.44. The topological polar surface area (TPSA) is 28.5 Å². The highest BCUT2D eigenvalue weighted by Crippen LogP contribution is 2.24. The number of hydrogen-bond donors (Lipinski definition) is 3. The van der Waals surface area contributed by atoms with Crippen LogP contribution in [0.5, 0.6) is 0 Å². The number of benzene rings is 1. The largest absolute Gasteiger partial charge is 0.354 e. The molecule has 1 saturated heterocycles. The van der Waals surface area contributed by atoms with Crippen molar-refractivity contribution in [2.75, 3.05) is 25.0 Å². The average Bonchev–Trinajstić information content (AvgIpc) is 2.43. The third-order valence-corrected chi connectivity index (χ3v) is 4.69. The Kier molecular flexibility index (Phi) is 6.55. The Hall–Kier alpha value is -0.550. The van der Waals surface area contributed by atoms with Crippen molar-refractivity contribution in [2.45, 2.75) is 32.2 Å². The van der Waals surface area contributed by atoms with Gasteiger partial charge in [-0.25, -0.2) is 0 Å². The van der Waals surface area contributed by atoms with Crippen LogP contribution in [0.3, 0.4) is 0 Å². The minimum Gasteiger partial charge on any atom is -0.354 e. The number of hydrogen-bond acceptors (Lipinski definition) is 1. The first kappa shape index (κ1) is 16.8. The molecule has 1 aliphatic rings. The molecule has 0 amide bonds. The normalized spacial score (nSPS) is 21.9. The molecule has 1 fully saturated rings. The highest BCUT2D eigenvalue weighted by atomic mass is 35.5. The molecule has 0 bridgehead atoms. The van der Waals surface area contributed by atoms with Crippen LogP contribution < -0.4 is 15.5 Å². The van der Waals surface area contributed by atoms with Gasteiger partial charge in [0.2, 0.25) is 0 Å². The summed E-state index contributed by atoms with van der Waals surface area (Å²) in [6, 6.07) is 5.87. The van der Waals surface area contributed by atoms with E-state index in [1.165, 1.54) is 32.4 Å². The van der Waals surface area contributed by atoms with Crippen LogP contribution >= 0.6 is 35.4 Å². The lowest BCUT2D eigenvalue weighted by Crippen LogP contribution is -3.14. The van der Waals surface area contributed by atoms with E-state index in [1.807, 2.05) is 6.07 Å².